The molecule has 0 aliphatic carbocycles. The fourth-order valence-corrected chi connectivity index (χ4v) is 1.28. The normalized spacial score (nSPS) is 21.5. The van der Waals surface area contributed by atoms with Crippen LogP contribution >= 0.6 is 0 Å². The average molecular weight is 167 g/mol. The molecule has 0 aromatic heterocycles. The van der Waals surface area contributed by atoms with Crippen LogP contribution in [0.4, 0.5) is 0 Å². The Kier molecular flexibility index (Phi) is 2.27. The summed E-state index contributed by atoms with van der Waals surface area (Å²) in [4.78, 5) is 4.48. The van der Waals surface area contributed by atoms with E-state index < -0.39 is 0 Å². The van der Waals surface area contributed by atoms with E-state index in [-0.39, 0.29) is 5.54 Å². The van der Waals surface area contributed by atoms with E-state index in [0.29, 0.717) is 5.92 Å². The van der Waals surface area contributed by atoms with Gasteiger partial charge in [0.2, 0.25) is 0 Å². The standard InChI is InChI=1S/C10H17NO/c1-7(2)9-11-10(4,5)6-8(3)12-9/h6-7H,1-5H3. The second-order valence-corrected chi connectivity index (χ2v) is 4.12. The fourth-order valence-electron chi connectivity index (χ4n) is 1.28. The highest BCUT2D eigenvalue weighted by atomic mass is 16.5. The molecule has 0 atom stereocenters. The Labute approximate surface area is 74.3 Å². The van der Waals surface area contributed by atoms with E-state index in [1.165, 1.54) is 0 Å². The topological polar surface area (TPSA) is 21.6 Å². The van der Waals surface area contributed by atoms with Crippen molar-refractivity contribution in [1.82, 2.24) is 0 Å². The molecule has 1 aliphatic heterocycles. The van der Waals surface area contributed by atoms with Gasteiger partial charge < -0.3 is 4.74 Å². The molecular weight excluding hydrogens is 150 g/mol. The van der Waals surface area contributed by atoms with Gasteiger partial charge in [0.15, 0.2) is 5.90 Å². The molecule has 12 heavy (non-hydrogen) atoms. The summed E-state index contributed by atoms with van der Waals surface area (Å²) >= 11 is 0. The molecule has 0 radical (unpaired) electrons. The van der Waals surface area contributed by atoms with E-state index in [0.717, 1.165) is 11.7 Å². The third kappa shape index (κ3) is 2.10. The fraction of sp³-hybridized carbons (Fsp3) is 0.700. The Morgan fingerprint density at radius 1 is 1.42 bits per heavy atom. The highest BCUT2D eigenvalue weighted by Crippen LogP contribution is 2.22. The quantitative estimate of drug-likeness (QED) is 0.588. The predicted molar refractivity (Wildman–Crippen MR) is 51.2 cm³/mol. The van der Waals surface area contributed by atoms with E-state index in [9.17, 15) is 0 Å². The molecule has 0 bridgehead atoms. The predicted octanol–water partition coefficient (Wildman–Crippen LogP) is 2.75. The summed E-state index contributed by atoms with van der Waals surface area (Å²) < 4.78 is 5.49. The smallest absolute Gasteiger partial charge is 0.193 e. The van der Waals surface area contributed by atoms with Crippen LogP contribution < -0.4 is 0 Å². The number of allylic oxidation sites excluding steroid dienone is 1. The molecule has 2 heteroatoms. The van der Waals surface area contributed by atoms with Gasteiger partial charge in [-0.25, -0.2) is 4.99 Å². The molecule has 0 aromatic carbocycles. The Balaban J connectivity index is 2.88. The van der Waals surface area contributed by atoms with Crippen molar-refractivity contribution in [3.05, 3.63) is 11.8 Å². The maximum atomic E-state index is 5.49. The molecular formula is C10H17NO. The zero-order chi connectivity index (χ0) is 9.35. The summed E-state index contributed by atoms with van der Waals surface area (Å²) in [6.45, 7) is 10.3. The minimum atomic E-state index is -0.0953. The van der Waals surface area contributed by atoms with Gasteiger partial charge >= 0.3 is 0 Å². The number of rotatable bonds is 1. The molecule has 0 saturated heterocycles. The molecule has 1 heterocycles. The minimum Gasteiger partial charge on any atom is -0.448 e. The molecule has 0 N–H and O–H groups in total. The van der Waals surface area contributed by atoms with E-state index in [1.807, 2.05) is 13.0 Å². The zero-order valence-electron chi connectivity index (χ0n) is 8.51. The summed E-state index contributed by atoms with van der Waals surface area (Å²) in [5.74, 6) is 2.17. The van der Waals surface area contributed by atoms with E-state index >= 15 is 0 Å². The van der Waals surface area contributed by atoms with Crippen molar-refractivity contribution in [2.45, 2.75) is 40.2 Å². The number of nitrogens with zero attached hydrogens (tertiary/aromatic N) is 1. The van der Waals surface area contributed by atoms with Gasteiger partial charge in [0, 0.05) is 5.92 Å². The summed E-state index contributed by atoms with van der Waals surface area (Å²) in [5.41, 5.74) is -0.0953. The summed E-state index contributed by atoms with van der Waals surface area (Å²) in [7, 11) is 0. The van der Waals surface area contributed by atoms with E-state index in [4.69, 9.17) is 4.74 Å². The van der Waals surface area contributed by atoms with Gasteiger partial charge in [-0.15, -0.1) is 0 Å². The highest BCUT2D eigenvalue weighted by Gasteiger charge is 2.22. The van der Waals surface area contributed by atoms with Crippen molar-refractivity contribution < 1.29 is 4.74 Å². The number of ether oxygens (including phenoxy) is 1. The number of aliphatic imine (C=N–C) groups is 1. The second-order valence-electron chi connectivity index (χ2n) is 4.12. The van der Waals surface area contributed by atoms with Crippen LogP contribution in [0.15, 0.2) is 16.8 Å². The number of hydrogen-bond acceptors (Lipinski definition) is 2. The van der Waals surface area contributed by atoms with Crippen molar-refractivity contribution in [2.75, 3.05) is 0 Å². The Bertz CT molecular complexity index is 236. The third-order valence-corrected chi connectivity index (χ3v) is 1.71. The Hall–Kier alpha value is -0.790. The van der Waals surface area contributed by atoms with Gasteiger partial charge in [-0.1, -0.05) is 13.8 Å². The Morgan fingerprint density at radius 3 is 2.42 bits per heavy atom. The molecule has 0 unspecified atom stereocenters. The molecule has 0 amide bonds. The van der Waals surface area contributed by atoms with E-state index in [2.05, 4.69) is 32.7 Å². The molecule has 0 saturated carbocycles. The SMILES string of the molecule is CC1=CC(C)(C)N=C(C(C)C)O1. The van der Waals surface area contributed by atoms with Crippen LogP contribution in [0.25, 0.3) is 0 Å². The van der Waals surface area contributed by atoms with Crippen LogP contribution in [0.2, 0.25) is 0 Å². The van der Waals surface area contributed by atoms with Crippen LogP contribution in [0.1, 0.15) is 34.6 Å². The maximum Gasteiger partial charge on any atom is 0.193 e. The van der Waals surface area contributed by atoms with Crippen LogP contribution in [0, 0.1) is 5.92 Å². The zero-order valence-corrected chi connectivity index (χ0v) is 8.51. The van der Waals surface area contributed by atoms with Gasteiger partial charge in [0.25, 0.3) is 0 Å². The third-order valence-electron chi connectivity index (χ3n) is 1.71. The molecule has 1 rings (SSSR count). The summed E-state index contributed by atoms with van der Waals surface area (Å²) in [6, 6.07) is 0. The summed E-state index contributed by atoms with van der Waals surface area (Å²) in [5, 5.41) is 0. The molecule has 68 valence electrons. The van der Waals surface area contributed by atoms with Crippen molar-refractivity contribution in [3.63, 3.8) is 0 Å². The van der Waals surface area contributed by atoms with Crippen molar-refractivity contribution in [2.24, 2.45) is 10.9 Å². The molecule has 0 aromatic rings. The lowest BCUT2D eigenvalue weighted by Crippen LogP contribution is -2.26. The number of hydrogen-bond donors (Lipinski definition) is 0. The first kappa shape index (κ1) is 9.30. The van der Waals surface area contributed by atoms with Gasteiger partial charge in [-0.05, 0) is 26.8 Å². The average Bonchev–Trinajstić information content (AvgIpc) is 1.82. The highest BCUT2D eigenvalue weighted by molar-refractivity contribution is 5.80. The minimum absolute atomic E-state index is 0.0953. The lowest BCUT2D eigenvalue weighted by Gasteiger charge is -2.25. The Morgan fingerprint density at radius 2 is 2.00 bits per heavy atom. The maximum absolute atomic E-state index is 5.49. The van der Waals surface area contributed by atoms with Crippen LogP contribution in [0.3, 0.4) is 0 Å². The molecule has 0 fully saturated rings. The molecule has 0 spiro atoms. The van der Waals surface area contributed by atoms with Gasteiger partial charge in [-0.2, -0.15) is 0 Å². The van der Waals surface area contributed by atoms with Crippen molar-refractivity contribution in [3.8, 4) is 0 Å². The van der Waals surface area contributed by atoms with Crippen molar-refractivity contribution >= 4 is 5.90 Å². The van der Waals surface area contributed by atoms with Gasteiger partial charge in [-0.3, -0.25) is 0 Å². The second kappa shape index (κ2) is 2.92. The van der Waals surface area contributed by atoms with Crippen molar-refractivity contribution in [1.29, 1.82) is 0 Å². The lowest BCUT2D eigenvalue weighted by molar-refractivity contribution is 0.353. The monoisotopic (exact) mass is 167 g/mol. The first-order valence-corrected chi connectivity index (χ1v) is 4.38. The lowest BCUT2D eigenvalue weighted by atomic mass is 10.0. The largest absolute Gasteiger partial charge is 0.448 e. The molecule has 1 aliphatic rings. The first-order valence-electron chi connectivity index (χ1n) is 4.38. The molecule has 2 nitrogen and oxygen atoms in total. The van der Waals surface area contributed by atoms with Gasteiger partial charge in [0.05, 0.1) is 5.54 Å². The van der Waals surface area contributed by atoms with Crippen LogP contribution in [-0.4, -0.2) is 11.4 Å². The van der Waals surface area contributed by atoms with Gasteiger partial charge in [0.1, 0.15) is 5.76 Å². The summed E-state index contributed by atoms with van der Waals surface area (Å²) in [6.07, 6.45) is 2.04. The van der Waals surface area contributed by atoms with Crippen LogP contribution in [-0.2, 0) is 4.74 Å². The van der Waals surface area contributed by atoms with E-state index in [1.54, 1.807) is 0 Å². The first-order chi connectivity index (χ1) is 5.41. The van der Waals surface area contributed by atoms with Crippen LogP contribution in [0.5, 0.6) is 0 Å².